The number of nitrogens with zero attached hydrogens (tertiary/aromatic N) is 2. The number of unbranched alkanes of at least 4 members (excludes halogenated alkanes) is 3. The number of allylic oxidation sites excluding steroid dienone is 1. The summed E-state index contributed by atoms with van der Waals surface area (Å²) in [4.78, 5) is 85.3. The smallest absolute Gasteiger partial charge is 0.407 e. The van der Waals surface area contributed by atoms with Gasteiger partial charge in [0.2, 0.25) is 21.8 Å². The summed E-state index contributed by atoms with van der Waals surface area (Å²) in [5, 5.41) is 19.9. The molecule has 2 saturated carbocycles. The number of ether oxygens (including phenoxy) is 2. The van der Waals surface area contributed by atoms with Crippen LogP contribution in [0.2, 0.25) is 0 Å². The number of aromatic nitrogens is 1. The van der Waals surface area contributed by atoms with Gasteiger partial charge in [0.25, 0.3) is 5.91 Å². The van der Waals surface area contributed by atoms with Crippen molar-refractivity contribution in [3.05, 3.63) is 60.3 Å². The lowest BCUT2D eigenvalue weighted by Crippen LogP contribution is -2.58. The number of alkyl carbamates (subject to hydrolysis) is 1. The van der Waals surface area contributed by atoms with Gasteiger partial charge >= 0.3 is 18.1 Å². The Morgan fingerprint density at radius 1 is 0.969 bits per heavy atom. The summed E-state index contributed by atoms with van der Waals surface area (Å²) in [6.45, 7) is 5.88. The molecule has 5 atom stereocenters. The van der Waals surface area contributed by atoms with Gasteiger partial charge in [-0.3, -0.25) is 19.1 Å². The molecule has 6 rings (SSSR count). The van der Waals surface area contributed by atoms with E-state index < -0.39 is 86.3 Å². The number of carbonyl (C=O) groups is 6. The zero-order valence-corrected chi connectivity index (χ0v) is 37.5. The second kappa shape index (κ2) is 20.9. The van der Waals surface area contributed by atoms with Crippen molar-refractivity contribution in [2.24, 2.45) is 5.92 Å². The first kappa shape index (κ1) is 47.8. The second-order valence-electron chi connectivity index (χ2n) is 18.1. The number of amides is 6. The number of carbonyl (C=O) groups excluding carboxylic acids is 5. The zero-order chi connectivity index (χ0) is 46.1. The fourth-order valence-corrected chi connectivity index (χ4v) is 9.38. The van der Waals surface area contributed by atoms with Crippen molar-refractivity contribution in [2.45, 2.75) is 139 Å². The molecule has 4 aliphatic rings. The van der Waals surface area contributed by atoms with E-state index in [1.807, 2.05) is 36.4 Å². The molecule has 1 aromatic heterocycles. The number of nitrogens with one attached hydrogen (secondary N) is 5. The van der Waals surface area contributed by atoms with Gasteiger partial charge in [-0.05, 0) is 103 Å². The zero-order valence-electron chi connectivity index (χ0n) is 36.7. The highest BCUT2D eigenvalue weighted by atomic mass is 32.2. The number of benzene rings is 1. The third-order valence-electron chi connectivity index (χ3n) is 11.6. The van der Waals surface area contributed by atoms with E-state index in [0.29, 0.717) is 63.1 Å². The molecule has 2 aliphatic heterocycles. The van der Waals surface area contributed by atoms with E-state index >= 15 is 0 Å². The van der Waals surface area contributed by atoms with Crippen molar-refractivity contribution in [3.8, 4) is 17.0 Å². The minimum atomic E-state index is -3.91. The van der Waals surface area contributed by atoms with Gasteiger partial charge in [-0.25, -0.2) is 27.8 Å². The van der Waals surface area contributed by atoms with E-state index in [1.54, 1.807) is 32.9 Å². The Kier molecular flexibility index (Phi) is 15.6. The molecule has 0 unspecified atom stereocenters. The summed E-state index contributed by atoms with van der Waals surface area (Å²) >= 11 is 0. The normalized spacial score (nSPS) is 24.3. The van der Waals surface area contributed by atoms with Crippen molar-refractivity contribution < 1.29 is 51.8 Å². The summed E-state index contributed by atoms with van der Waals surface area (Å²) in [6, 6.07) is 8.72. The number of hydrogen-bond donors (Lipinski definition) is 6. The molecule has 3 fully saturated rings. The van der Waals surface area contributed by atoms with E-state index in [-0.39, 0.29) is 25.1 Å². The van der Waals surface area contributed by atoms with Crippen LogP contribution in [0.3, 0.4) is 0 Å². The van der Waals surface area contributed by atoms with E-state index in [2.05, 4.69) is 31.0 Å². The Hall–Kier alpha value is -5.72. The fraction of sp³-hybridized carbons (Fsp3) is 0.578. The summed E-state index contributed by atoms with van der Waals surface area (Å²) in [5.74, 6) is -2.93. The Labute approximate surface area is 374 Å². The first-order valence-corrected chi connectivity index (χ1v) is 23.8. The molecule has 0 radical (unpaired) electrons. The Balaban J connectivity index is 1.04. The van der Waals surface area contributed by atoms with Gasteiger partial charge in [0.05, 0.1) is 23.6 Å². The van der Waals surface area contributed by atoms with Crippen LogP contribution >= 0.6 is 0 Å². The van der Waals surface area contributed by atoms with Crippen LogP contribution in [0, 0.1) is 5.92 Å². The molecule has 348 valence electrons. The minimum Gasteiger partial charge on any atom is -0.494 e. The van der Waals surface area contributed by atoms with E-state index in [1.165, 1.54) is 11.0 Å². The Bertz CT molecular complexity index is 2190. The van der Waals surface area contributed by atoms with Crippen LogP contribution in [-0.4, -0.2) is 113 Å². The van der Waals surface area contributed by atoms with E-state index in [9.17, 15) is 42.3 Å². The number of urea groups is 1. The molecule has 6 amide bonds. The molecule has 19 heteroatoms. The first-order valence-electron chi connectivity index (χ1n) is 22.3. The lowest BCUT2D eigenvalue weighted by Gasteiger charge is -2.30. The average molecular weight is 908 g/mol. The molecule has 64 heavy (non-hydrogen) atoms. The summed E-state index contributed by atoms with van der Waals surface area (Å²) in [6.07, 6.45) is 10.3. The number of carboxylic acids is 1. The number of hydrogen-bond acceptors (Lipinski definition) is 11. The second-order valence-corrected chi connectivity index (χ2v) is 20.0. The molecule has 0 spiro atoms. The SMILES string of the molecule is CC(C)(C)OC(=O)N[C@@H]1C[C@H]2C(=O)N[C@]3(C(=O)NS(=O)(=O)C4CC4)C[C@H]3/C=C\CCCCC[C@H](NC(=O)NCCCCCCOc3cccc(-c4cccc(C(=O)O)n4)c3)C(=O)N2C1. The lowest BCUT2D eigenvalue weighted by atomic mass is 10.0. The highest BCUT2D eigenvalue weighted by Gasteiger charge is 2.62. The standard InChI is InChI=1S/C45H61N7O11S/c1-44(2,3)63-43(59)47-31-26-37-38(53)50-45(41(57)51-64(60,61)33-21-22-33)27-30(45)16-9-5-4-6-10-18-35(39(54)52(37)28-31)49-42(58)46-23-11-7-8-12-24-62-32-17-13-15-29(25-32)34-19-14-20-36(48-34)40(55)56/h9,13-17,19-20,25,30-31,33,35,37H,4-8,10-12,18,21-24,26-28H2,1-3H3,(H,47,59)(H,50,53)(H,51,57)(H,55,56)(H2,46,49,58)/b16-9-/t30-,31-,35+,37+,45-/m1/s1. The summed E-state index contributed by atoms with van der Waals surface area (Å²) < 4.78 is 39.2. The number of carboxylic acid groups (broad SMARTS) is 1. The molecule has 6 N–H and O–H groups in total. The average Bonchev–Trinajstić information content (AvgIpc) is 4.17. The van der Waals surface area contributed by atoms with E-state index in [4.69, 9.17) is 9.47 Å². The van der Waals surface area contributed by atoms with Gasteiger partial charge in [0.15, 0.2) is 0 Å². The predicted octanol–water partition coefficient (Wildman–Crippen LogP) is 4.55. The van der Waals surface area contributed by atoms with Crippen LogP contribution in [0.1, 0.15) is 115 Å². The van der Waals surface area contributed by atoms with Gasteiger partial charge in [-0.15, -0.1) is 0 Å². The van der Waals surface area contributed by atoms with Gasteiger partial charge < -0.3 is 40.7 Å². The molecule has 1 aromatic carbocycles. The highest BCUT2D eigenvalue weighted by Crippen LogP contribution is 2.46. The minimum absolute atomic E-state index is 0.00768. The van der Waals surface area contributed by atoms with Crippen LogP contribution in [0.25, 0.3) is 11.3 Å². The highest BCUT2D eigenvalue weighted by molar-refractivity contribution is 7.91. The van der Waals surface area contributed by atoms with Crippen LogP contribution in [0.4, 0.5) is 9.59 Å². The third kappa shape index (κ3) is 13.2. The number of rotatable bonds is 15. The summed E-state index contributed by atoms with van der Waals surface area (Å²) in [7, 11) is -3.91. The van der Waals surface area contributed by atoms with Crippen molar-refractivity contribution in [2.75, 3.05) is 19.7 Å². The maximum atomic E-state index is 14.4. The Morgan fingerprint density at radius 2 is 1.73 bits per heavy atom. The maximum Gasteiger partial charge on any atom is 0.407 e. The van der Waals surface area contributed by atoms with Crippen LogP contribution < -0.4 is 30.7 Å². The van der Waals surface area contributed by atoms with Gasteiger partial charge in [-0.2, -0.15) is 0 Å². The van der Waals surface area contributed by atoms with Crippen LogP contribution in [0.15, 0.2) is 54.6 Å². The van der Waals surface area contributed by atoms with Crippen molar-refractivity contribution in [1.29, 1.82) is 0 Å². The van der Waals surface area contributed by atoms with Crippen LogP contribution in [-0.2, 0) is 29.1 Å². The van der Waals surface area contributed by atoms with E-state index in [0.717, 1.165) is 37.7 Å². The molecule has 2 aromatic rings. The molecule has 1 saturated heterocycles. The van der Waals surface area contributed by atoms with Gasteiger partial charge in [0.1, 0.15) is 34.7 Å². The molecule has 18 nitrogen and oxygen atoms in total. The third-order valence-corrected chi connectivity index (χ3v) is 13.4. The number of sulfonamides is 1. The maximum absolute atomic E-state index is 14.4. The first-order chi connectivity index (χ1) is 30.4. The van der Waals surface area contributed by atoms with Crippen molar-refractivity contribution >= 4 is 45.8 Å². The monoisotopic (exact) mass is 907 g/mol. The number of aromatic carboxylic acids is 1. The number of fused-ring (bicyclic) bond motifs is 2. The predicted molar refractivity (Wildman–Crippen MR) is 235 cm³/mol. The molecular formula is C45H61N7O11S. The molecule has 2 aliphatic carbocycles. The molecule has 3 heterocycles. The molecule has 0 bridgehead atoms. The number of pyridine rings is 1. The lowest BCUT2D eigenvalue weighted by molar-refractivity contribution is -0.141. The largest absolute Gasteiger partial charge is 0.494 e. The van der Waals surface area contributed by atoms with Gasteiger partial charge in [0, 0.05) is 24.6 Å². The van der Waals surface area contributed by atoms with Crippen molar-refractivity contribution in [1.82, 2.24) is 35.9 Å². The Morgan fingerprint density at radius 3 is 2.48 bits per heavy atom. The van der Waals surface area contributed by atoms with Crippen molar-refractivity contribution in [3.63, 3.8) is 0 Å². The van der Waals surface area contributed by atoms with Gasteiger partial charge in [-0.1, -0.05) is 56.0 Å². The summed E-state index contributed by atoms with van der Waals surface area (Å²) in [5.41, 5.74) is -1.11. The van der Waals surface area contributed by atoms with Crippen LogP contribution in [0.5, 0.6) is 5.75 Å². The topological polar surface area (TPSA) is 252 Å². The molecular weight excluding hydrogens is 847 g/mol. The fourth-order valence-electron chi connectivity index (χ4n) is 8.02. The quantitative estimate of drug-likeness (QED) is 0.106.